The Morgan fingerprint density at radius 3 is 2.52 bits per heavy atom. The van der Waals surface area contributed by atoms with Crippen LogP contribution >= 0.6 is 11.6 Å². The Balaban J connectivity index is 1.54. The van der Waals surface area contributed by atoms with Crippen molar-refractivity contribution in [1.82, 2.24) is 10.3 Å². The third-order valence-electron chi connectivity index (χ3n) is 5.26. The number of nitrogens with one attached hydrogen (secondary N) is 1. The second-order valence-electron chi connectivity index (χ2n) is 7.51. The zero-order valence-electron chi connectivity index (χ0n) is 17.2. The molecule has 2 heterocycles. The Labute approximate surface area is 185 Å². The van der Waals surface area contributed by atoms with Crippen LogP contribution in [0.15, 0.2) is 78.2 Å². The van der Waals surface area contributed by atoms with E-state index >= 15 is 0 Å². The predicted octanol–water partition coefficient (Wildman–Crippen LogP) is 4.53. The van der Waals surface area contributed by atoms with Gasteiger partial charge >= 0.3 is 0 Å². The molecule has 31 heavy (non-hydrogen) atoms. The maximum absolute atomic E-state index is 13.3. The Morgan fingerprint density at radius 2 is 1.87 bits per heavy atom. The number of pyridine rings is 1. The van der Waals surface area contributed by atoms with Crippen molar-refractivity contribution in [3.05, 3.63) is 94.8 Å². The van der Waals surface area contributed by atoms with E-state index in [-0.39, 0.29) is 5.91 Å². The van der Waals surface area contributed by atoms with Crippen molar-refractivity contribution < 1.29 is 14.4 Å². The number of halogens is 1. The average Bonchev–Trinajstić information content (AvgIpc) is 3.22. The molecule has 2 atom stereocenters. The Hall–Kier alpha value is -3.38. The van der Waals surface area contributed by atoms with Crippen LogP contribution in [0.25, 0.3) is 0 Å². The Kier molecular flexibility index (Phi) is 5.91. The Morgan fingerprint density at radius 1 is 1.13 bits per heavy atom. The number of amides is 1. The van der Waals surface area contributed by atoms with Gasteiger partial charge in [0.05, 0.1) is 18.9 Å². The number of ether oxygens (including phenoxy) is 1. The van der Waals surface area contributed by atoms with Crippen LogP contribution in [0.2, 0.25) is 5.02 Å². The monoisotopic (exact) mass is 435 g/mol. The molecule has 2 aromatic carbocycles. The second kappa shape index (κ2) is 8.78. The molecule has 1 amide bonds. The average molecular weight is 436 g/mol. The molecule has 0 fully saturated rings. The molecular weight excluding hydrogens is 414 g/mol. The summed E-state index contributed by atoms with van der Waals surface area (Å²) in [5.74, 6) is 0.495. The highest BCUT2D eigenvalue weighted by Crippen LogP contribution is 2.30. The van der Waals surface area contributed by atoms with Crippen molar-refractivity contribution >= 4 is 23.2 Å². The number of methoxy groups -OCH3 is 1. The van der Waals surface area contributed by atoms with Gasteiger partial charge in [0, 0.05) is 23.8 Å². The van der Waals surface area contributed by atoms with Gasteiger partial charge in [-0.05, 0) is 66.1 Å². The van der Waals surface area contributed by atoms with Gasteiger partial charge in [-0.15, -0.1) is 0 Å². The van der Waals surface area contributed by atoms with Crippen molar-refractivity contribution in [1.29, 1.82) is 0 Å². The lowest BCUT2D eigenvalue weighted by Gasteiger charge is -2.26. The van der Waals surface area contributed by atoms with Crippen molar-refractivity contribution in [2.24, 2.45) is 5.16 Å². The summed E-state index contributed by atoms with van der Waals surface area (Å²) in [5, 5.41) is 7.92. The van der Waals surface area contributed by atoms with Gasteiger partial charge in [-0.25, -0.2) is 0 Å². The number of aromatic nitrogens is 1. The number of oxime groups is 1. The SMILES string of the molecule is COc1ccc(C2=NOC(C)(C(=O)NC(c3ccc(Cl)cc3)c3cccnc3)C2)cc1. The van der Waals surface area contributed by atoms with Crippen LogP contribution in [0.1, 0.15) is 36.1 Å². The molecule has 0 aliphatic carbocycles. The van der Waals surface area contributed by atoms with Crippen LogP contribution in [0.4, 0.5) is 0 Å². The maximum Gasteiger partial charge on any atom is 0.267 e. The molecule has 0 bridgehead atoms. The van der Waals surface area contributed by atoms with Crippen LogP contribution in [-0.4, -0.2) is 29.3 Å². The maximum atomic E-state index is 13.3. The lowest BCUT2D eigenvalue weighted by atomic mass is 9.93. The van der Waals surface area contributed by atoms with Crippen LogP contribution in [0, 0.1) is 0 Å². The van der Waals surface area contributed by atoms with Gasteiger partial charge in [0.15, 0.2) is 0 Å². The molecule has 6 nitrogen and oxygen atoms in total. The molecule has 1 aliphatic rings. The number of benzene rings is 2. The summed E-state index contributed by atoms with van der Waals surface area (Å²) < 4.78 is 5.20. The summed E-state index contributed by atoms with van der Waals surface area (Å²) in [6.07, 6.45) is 3.78. The highest BCUT2D eigenvalue weighted by molar-refractivity contribution is 6.30. The summed E-state index contributed by atoms with van der Waals surface area (Å²) in [7, 11) is 1.62. The number of carbonyl (C=O) groups excluding carboxylic acids is 1. The van der Waals surface area contributed by atoms with Gasteiger partial charge < -0.3 is 14.9 Å². The van der Waals surface area contributed by atoms with E-state index in [0.717, 1.165) is 22.4 Å². The first-order valence-corrected chi connectivity index (χ1v) is 10.2. The third kappa shape index (κ3) is 4.54. The molecule has 158 valence electrons. The van der Waals surface area contributed by atoms with E-state index in [0.29, 0.717) is 17.2 Å². The Bertz CT molecular complexity index is 1090. The summed E-state index contributed by atoms with van der Waals surface area (Å²) in [6.45, 7) is 1.74. The first-order valence-electron chi connectivity index (χ1n) is 9.84. The van der Waals surface area contributed by atoms with Crippen molar-refractivity contribution in [3.63, 3.8) is 0 Å². The number of hydrogen-bond donors (Lipinski definition) is 1. The minimum absolute atomic E-state index is 0.261. The second-order valence-corrected chi connectivity index (χ2v) is 7.95. The normalized spacial score (nSPS) is 18.6. The summed E-state index contributed by atoms with van der Waals surface area (Å²) in [5.41, 5.74) is 2.23. The van der Waals surface area contributed by atoms with Crippen molar-refractivity contribution in [3.8, 4) is 5.75 Å². The molecule has 4 rings (SSSR count). The van der Waals surface area contributed by atoms with Gasteiger partial charge in [0.1, 0.15) is 5.75 Å². The molecule has 0 spiro atoms. The van der Waals surface area contributed by atoms with Crippen LogP contribution in [0.3, 0.4) is 0 Å². The fraction of sp³-hybridized carbons (Fsp3) is 0.208. The van der Waals surface area contributed by atoms with E-state index in [1.165, 1.54) is 0 Å². The van der Waals surface area contributed by atoms with Crippen molar-refractivity contribution in [2.45, 2.75) is 25.0 Å². The third-order valence-corrected chi connectivity index (χ3v) is 5.51. The molecule has 1 N–H and O–H groups in total. The molecule has 3 aromatic rings. The van der Waals surface area contributed by atoms with E-state index in [9.17, 15) is 4.79 Å². The number of rotatable bonds is 6. The summed E-state index contributed by atoms with van der Waals surface area (Å²) in [4.78, 5) is 23.1. The molecule has 0 saturated heterocycles. The van der Waals surface area contributed by atoms with E-state index in [2.05, 4.69) is 15.5 Å². The van der Waals surface area contributed by atoms with E-state index < -0.39 is 11.6 Å². The smallest absolute Gasteiger partial charge is 0.267 e. The zero-order valence-corrected chi connectivity index (χ0v) is 18.0. The minimum atomic E-state index is -1.12. The zero-order chi connectivity index (χ0) is 21.8. The van der Waals surface area contributed by atoms with E-state index in [1.54, 1.807) is 38.6 Å². The first kappa shape index (κ1) is 20.9. The predicted molar refractivity (Wildman–Crippen MR) is 119 cm³/mol. The van der Waals surface area contributed by atoms with Crippen LogP contribution in [0.5, 0.6) is 5.75 Å². The number of hydrogen-bond acceptors (Lipinski definition) is 5. The van der Waals surface area contributed by atoms with Gasteiger partial charge in [0.2, 0.25) is 5.60 Å². The van der Waals surface area contributed by atoms with Gasteiger partial charge in [-0.1, -0.05) is 35.0 Å². The molecule has 1 aromatic heterocycles. The van der Waals surface area contributed by atoms with Crippen molar-refractivity contribution in [2.75, 3.05) is 7.11 Å². The molecule has 2 unspecified atom stereocenters. The summed E-state index contributed by atoms with van der Waals surface area (Å²) >= 11 is 6.04. The lowest BCUT2D eigenvalue weighted by molar-refractivity contribution is -0.142. The largest absolute Gasteiger partial charge is 0.497 e. The van der Waals surface area contributed by atoms with E-state index in [4.69, 9.17) is 21.2 Å². The number of carbonyl (C=O) groups is 1. The quantitative estimate of drug-likeness (QED) is 0.617. The molecular formula is C24H22ClN3O3. The highest BCUT2D eigenvalue weighted by Gasteiger charge is 2.43. The summed E-state index contributed by atoms with van der Waals surface area (Å²) in [6, 6.07) is 18.2. The fourth-order valence-electron chi connectivity index (χ4n) is 3.44. The van der Waals surface area contributed by atoms with Gasteiger partial charge in [-0.3, -0.25) is 9.78 Å². The minimum Gasteiger partial charge on any atom is -0.497 e. The highest BCUT2D eigenvalue weighted by atomic mass is 35.5. The standard InChI is InChI=1S/C24H22ClN3O3/c1-24(14-21(28-31-24)16-7-11-20(30-2)12-8-16)23(29)27-22(18-4-3-13-26-15-18)17-5-9-19(25)10-6-17/h3-13,15,22H,14H2,1-2H3,(H,27,29). The van der Waals surface area contributed by atoms with E-state index in [1.807, 2.05) is 48.5 Å². The van der Waals surface area contributed by atoms with Gasteiger partial charge in [0.25, 0.3) is 5.91 Å². The molecule has 1 aliphatic heterocycles. The molecule has 0 radical (unpaired) electrons. The van der Waals surface area contributed by atoms with Crippen LogP contribution < -0.4 is 10.1 Å². The number of nitrogens with zero attached hydrogens (tertiary/aromatic N) is 2. The van der Waals surface area contributed by atoms with Crippen LogP contribution in [-0.2, 0) is 9.63 Å². The topological polar surface area (TPSA) is 72.8 Å². The molecule has 0 saturated carbocycles. The lowest BCUT2D eigenvalue weighted by Crippen LogP contribution is -2.46. The molecule has 7 heteroatoms. The fourth-order valence-corrected chi connectivity index (χ4v) is 3.57. The first-order chi connectivity index (χ1) is 15.0. The van der Waals surface area contributed by atoms with Gasteiger partial charge in [-0.2, -0.15) is 0 Å².